The first kappa shape index (κ1) is 20.5. The molecule has 1 heterocycles. The van der Waals surface area contributed by atoms with Crippen LogP contribution in [0.1, 0.15) is 42.3 Å². The summed E-state index contributed by atoms with van der Waals surface area (Å²) in [6.45, 7) is 6.16. The van der Waals surface area contributed by atoms with E-state index in [1.807, 2.05) is 12.1 Å². The van der Waals surface area contributed by atoms with Gasteiger partial charge in [-0.15, -0.1) is 0 Å². The number of esters is 1. The molecule has 0 saturated carbocycles. The molecule has 5 nitrogen and oxygen atoms in total. The third kappa shape index (κ3) is 4.78. The number of benzene rings is 2. The third-order valence-electron chi connectivity index (χ3n) is 4.26. The first-order valence-corrected chi connectivity index (χ1v) is 9.70. The molecule has 0 fully saturated rings. The maximum atomic E-state index is 12.7. The number of rotatable bonds is 5. The summed E-state index contributed by atoms with van der Waals surface area (Å²) in [5, 5.41) is 4.42. The van der Waals surface area contributed by atoms with Crippen molar-refractivity contribution in [3.63, 3.8) is 0 Å². The van der Waals surface area contributed by atoms with Crippen molar-refractivity contribution < 1.29 is 14.3 Å². The van der Waals surface area contributed by atoms with E-state index >= 15 is 0 Å². The van der Waals surface area contributed by atoms with Gasteiger partial charge in [0.2, 0.25) is 0 Å². The number of carbonyl (C=O) groups is 2. The van der Waals surface area contributed by atoms with Crippen LogP contribution in [0.3, 0.4) is 0 Å². The van der Waals surface area contributed by atoms with E-state index in [-0.39, 0.29) is 12.5 Å². The van der Waals surface area contributed by atoms with E-state index in [1.165, 1.54) is 4.90 Å². The van der Waals surface area contributed by atoms with Crippen molar-refractivity contribution in [2.45, 2.75) is 39.5 Å². The van der Waals surface area contributed by atoms with Gasteiger partial charge in [0.25, 0.3) is 5.91 Å². The van der Waals surface area contributed by atoms with Gasteiger partial charge in [0, 0.05) is 39.9 Å². The minimum atomic E-state index is -0.580. The number of anilines is 1. The lowest BCUT2D eigenvalue weighted by molar-refractivity contribution is -0.155. The number of hydrogen-bond acceptors (Lipinski definition) is 4. The Labute approximate surface area is 174 Å². The lowest BCUT2D eigenvalue weighted by Crippen LogP contribution is -2.35. The summed E-state index contributed by atoms with van der Waals surface area (Å²) in [6.07, 6.45) is 0. The fourth-order valence-corrected chi connectivity index (χ4v) is 3.55. The summed E-state index contributed by atoms with van der Waals surface area (Å²) < 4.78 is 5.31. The summed E-state index contributed by atoms with van der Waals surface area (Å²) in [5.41, 5.74) is 2.46. The van der Waals surface area contributed by atoms with Crippen LogP contribution in [0.5, 0.6) is 0 Å². The number of carbonyl (C=O) groups excluding carboxylic acids is 2. The molecule has 0 atom stereocenters. The molecule has 1 aliphatic heterocycles. The highest BCUT2D eigenvalue weighted by molar-refractivity contribution is 6.36. The number of hydrogen-bond donors (Lipinski definition) is 1. The molecule has 1 N–H and O–H groups in total. The zero-order valence-electron chi connectivity index (χ0n) is 16.0. The van der Waals surface area contributed by atoms with Crippen LogP contribution < -0.4 is 5.32 Å². The standard InChI is InChI=1S/C21H22Cl2N2O3/c1-21(2,3)28-19(26)12-25-11-13-7-8-14(9-15(13)20(25)27)24-10-16-17(22)5-4-6-18(16)23/h4-9,24H,10-12H2,1-3H3. The highest BCUT2D eigenvalue weighted by atomic mass is 35.5. The maximum absolute atomic E-state index is 12.7. The molecular formula is C21H22Cl2N2O3. The largest absolute Gasteiger partial charge is 0.459 e. The van der Waals surface area contributed by atoms with Crippen molar-refractivity contribution in [1.29, 1.82) is 0 Å². The molecule has 1 aliphatic rings. The van der Waals surface area contributed by atoms with E-state index in [4.69, 9.17) is 27.9 Å². The summed E-state index contributed by atoms with van der Waals surface area (Å²) >= 11 is 12.4. The van der Waals surface area contributed by atoms with E-state index in [1.54, 1.807) is 45.0 Å². The maximum Gasteiger partial charge on any atom is 0.326 e. The van der Waals surface area contributed by atoms with Crippen LogP contribution in [0.2, 0.25) is 10.0 Å². The predicted molar refractivity (Wildman–Crippen MR) is 111 cm³/mol. The highest BCUT2D eigenvalue weighted by Crippen LogP contribution is 2.28. The molecule has 148 valence electrons. The van der Waals surface area contributed by atoms with Gasteiger partial charge in [0.15, 0.2) is 0 Å². The average Bonchev–Trinajstić information content (AvgIpc) is 2.88. The van der Waals surface area contributed by atoms with Crippen molar-refractivity contribution in [2.75, 3.05) is 11.9 Å². The Morgan fingerprint density at radius 1 is 1.18 bits per heavy atom. The van der Waals surface area contributed by atoms with Gasteiger partial charge in [0.1, 0.15) is 12.1 Å². The molecule has 0 saturated heterocycles. The average molecular weight is 421 g/mol. The Bertz CT molecular complexity index is 902. The van der Waals surface area contributed by atoms with Gasteiger partial charge in [-0.05, 0) is 50.6 Å². The molecular weight excluding hydrogens is 399 g/mol. The number of nitrogens with zero attached hydrogens (tertiary/aromatic N) is 1. The van der Waals surface area contributed by atoms with Gasteiger partial charge >= 0.3 is 5.97 Å². The second-order valence-electron chi connectivity index (χ2n) is 7.67. The van der Waals surface area contributed by atoms with Gasteiger partial charge in [-0.1, -0.05) is 35.3 Å². The molecule has 0 bridgehead atoms. The smallest absolute Gasteiger partial charge is 0.326 e. The van der Waals surface area contributed by atoms with Crippen molar-refractivity contribution in [3.8, 4) is 0 Å². The number of ether oxygens (including phenoxy) is 1. The summed E-state index contributed by atoms with van der Waals surface area (Å²) in [6, 6.07) is 10.9. The lowest BCUT2D eigenvalue weighted by atomic mass is 10.1. The van der Waals surface area contributed by atoms with Crippen LogP contribution >= 0.6 is 23.2 Å². The Morgan fingerprint density at radius 2 is 1.86 bits per heavy atom. The zero-order valence-corrected chi connectivity index (χ0v) is 17.5. The topological polar surface area (TPSA) is 58.6 Å². The van der Waals surface area contributed by atoms with Gasteiger partial charge < -0.3 is 15.0 Å². The highest BCUT2D eigenvalue weighted by Gasteiger charge is 2.30. The summed E-state index contributed by atoms with van der Waals surface area (Å²) in [7, 11) is 0. The fraction of sp³-hybridized carbons (Fsp3) is 0.333. The van der Waals surface area contributed by atoms with Crippen LogP contribution in [0, 0.1) is 0 Å². The molecule has 0 unspecified atom stereocenters. The van der Waals surface area contributed by atoms with E-state index in [0.29, 0.717) is 28.7 Å². The Balaban J connectivity index is 1.68. The van der Waals surface area contributed by atoms with E-state index in [0.717, 1.165) is 16.8 Å². The van der Waals surface area contributed by atoms with Crippen LogP contribution in [-0.2, 0) is 22.6 Å². The van der Waals surface area contributed by atoms with Crippen LogP contribution in [0.25, 0.3) is 0 Å². The predicted octanol–water partition coefficient (Wildman–Crippen LogP) is 4.90. The van der Waals surface area contributed by atoms with E-state index in [2.05, 4.69) is 5.32 Å². The molecule has 2 aromatic carbocycles. The first-order valence-electron chi connectivity index (χ1n) is 8.95. The molecule has 0 aliphatic carbocycles. The number of amides is 1. The number of nitrogens with one attached hydrogen (secondary N) is 1. The van der Waals surface area contributed by atoms with Gasteiger partial charge in [-0.3, -0.25) is 9.59 Å². The van der Waals surface area contributed by atoms with Crippen molar-refractivity contribution in [2.24, 2.45) is 0 Å². The van der Waals surface area contributed by atoms with Crippen LogP contribution in [0.15, 0.2) is 36.4 Å². The third-order valence-corrected chi connectivity index (χ3v) is 4.97. The van der Waals surface area contributed by atoms with Crippen molar-refractivity contribution >= 4 is 40.8 Å². The molecule has 3 rings (SSSR count). The molecule has 1 amide bonds. The Kier molecular flexibility index (Phi) is 5.87. The fourth-order valence-electron chi connectivity index (χ4n) is 3.02. The van der Waals surface area contributed by atoms with Crippen molar-refractivity contribution in [1.82, 2.24) is 4.90 Å². The second kappa shape index (κ2) is 8.02. The molecule has 0 radical (unpaired) electrons. The van der Waals surface area contributed by atoms with Crippen molar-refractivity contribution in [3.05, 3.63) is 63.1 Å². The SMILES string of the molecule is CC(C)(C)OC(=O)CN1Cc2ccc(NCc3c(Cl)cccc3Cl)cc2C1=O. The lowest BCUT2D eigenvalue weighted by Gasteiger charge is -2.22. The normalized spacial score (nSPS) is 13.5. The molecule has 7 heteroatoms. The van der Waals surface area contributed by atoms with Crippen LogP contribution in [0.4, 0.5) is 5.69 Å². The number of halogens is 2. The molecule has 28 heavy (non-hydrogen) atoms. The van der Waals surface area contributed by atoms with Gasteiger partial charge in [0.05, 0.1) is 0 Å². The van der Waals surface area contributed by atoms with Gasteiger partial charge in [-0.2, -0.15) is 0 Å². The molecule has 0 aromatic heterocycles. The minimum Gasteiger partial charge on any atom is -0.459 e. The Morgan fingerprint density at radius 3 is 2.50 bits per heavy atom. The second-order valence-corrected chi connectivity index (χ2v) is 8.49. The van der Waals surface area contributed by atoms with Gasteiger partial charge in [-0.25, -0.2) is 0 Å². The summed E-state index contributed by atoms with van der Waals surface area (Å²) in [5.74, 6) is -0.597. The monoisotopic (exact) mass is 420 g/mol. The first-order chi connectivity index (χ1) is 13.1. The number of fused-ring (bicyclic) bond motifs is 1. The molecule has 0 spiro atoms. The summed E-state index contributed by atoms with van der Waals surface area (Å²) in [4.78, 5) is 26.2. The van der Waals surface area contributed by atoms with Crippen LogP contribution in [-0.4, -0.2) is 28.9 Å². The Hall–Kier alpha value is -2.24. The quantitative estimate of drug-likeness (QED) is 0.698. The molecule has 2 aromatic rings. The van der Waals surface area contributed by atoms with E-state index < -0.39 is 11.6 Å². The minimum absolute atomic E-state index is 0.0667. The van der Waals surface area contributed by atoms with E-state index in [9.17, 15) is 9.59 Å². The zero-order chi connectivity index (χ0) is 20.5.